The van der Waals surface area contributed by atoms with Gasteiger partial charge in [0.2, 0.25) is 0 Å². The van der Waals surface area contributed by atoms with Gasteiger partial charge in [-0.15, -0.1) is 0 Å². The summed E-state index contributed by atoms with van der Waals surface area (Å²) in [5, 5.41) is 22.2. The van der Waals surface area contributed by atoms with E-state index in [1.165, 1.54) is 34.1 Å². The van der Waals surface area contributed by atoms with Gasteiger partial charge in [0.05, 0.1) is 9.85 Å². The first-order valence-electron chi connectivity index (χ1n) is 9.27. The third kappa shape index (κ3) is 4.12. The summed E-state index contributed by atoms with van der Waals surface area (Å²) in [4.78, 5) is 49.7. The van der Waals surface area contributed by atoms with Crippen LogP contribution in [0.5, 0.6) is 0 Å². The third-order valence-electron chi connectivity index (χ3n) is 5.16. The summed E-state index contributed by atoms with van der Waals surface area (Å²) in [5.41, 5.74) is 1.16. The molecular weight excluding hydrogens is 392 g/mol. The molecule has 3 rings (SSSR count). The van der Waals surface area contributed by atoms with Crippen molar-refractivity contribution in [1.29, 1.82) is 0 Å². The van der Waals surface area contributed by atoms with Crippen molar-refractivity contribution >= 4 is 23.2 Å². The first-order chi connectivity index (χ1) is 14.2. The zero-order valence-corrected chi connectivity index (χ0v) is 16.5. The van der Waals surface area contributed by atoms with Gasteiger partial charge in [0.15, 0.2) is 0 Å². The Kier molecular flexibility index (Phi) is 5.77. The van der Waals surface area contributed by atoms with Crippen LogP contribution in [-0.4, -0.2) is 57.6 Å². The summed E-state index contributed by atoms with van der Waals surface area (Å²) in [5.74, 6) is -0.674. The smallest absolute Gasteiger partial charge is 0.273 e. The second kappa shape index (κ2) is 8.27. The topological polar surface area (TPSA) is 127 Å². The van der Waals surface area contributed by atoms with Crippen LogP contribution < -0.4 is 0 Å². The van der Waals surface area contributed by atoms with Gasteiger partial charge in [-0.05, 0) is 26.0 Å². The summed E-state index contributed by atoms with van der Waals surface area (Å²) in [7, 11) is 0. The average Bonchev–Trinajstić information content (AvgIpc) is 2.73. The number of piperazine rings is 1. The van der Waals surface area contributed by atoms with Crippen molar-refractivity contribution in [2.45, 2.75) is 13.8 Å². The molecule has 0 saturated carbocycles. The predicted molar refractivity (Wildman–Crippen MR) is 107 cm³/mol. The largest absolute Gasteiger partial charge is 0.335 e. The molecule has 0 aliphatic carbocycles. The fourth-order valence-electron chi connectivity index (χ4n) is 3.36. The van der Waals surface area contributed by atoms with Crippen molar-refractivity contribution < 1.29 is 19.4 Å². The fourth-order valence-corrected chi connectivity index (χ4v) is 3.36. The number of hydrogen-bond acceptors (Lipinski definition) is 6. The molecule has 0 unspecified atom stereocenters. The van der Waals surface area contributed by atoms with E-state index < -0.39 is 9.85 Å². The van der Waals surface area contributed by atoms with Crippen LogP contribution in [0.1, 0.15) is 31.8 Å². The summed E-state index contributed by atoms with van der Waals surface area (Å²) in [6, 6.07) is 8.70. The molecule has 156 valence electrons. The Morgan fingerprint density at radius 2 is 1.07 bits per heavy atom. The van der Waals surface area contributed by atoms with Gasteiger partial charge in [-0.1, -0.05) is 12.1 Å². The van der Waals surface area contributed by atoms with Gasteiger partial charge < -0.3 is 9.80 Å². The molecule has 2 amide bonds. The van der Waals surface area contributed by atoms with E-state index in [0.29, 0.717) is 11.1 Å². The first kappa shape index (κ1) is 20.9. The third-order valence-corrected chi connectivity index (χ3v) is 5.16. The molecule has 1 aliphatic heterocycles. The predicted octanol–water partition coefficient (Wildman–Crippen LogP) is 2.72. The molecule has 0 spiro atoms. The molecule has 1 fully saturated rings. The number of benzene rings is 2. The maximum absolute atomic E-state index is 12.7. The van der Waals surface area contributed by atoms with Gasteiger partial charge in [-0.3, -0.25) is 29.8 Å². The number of nitro groups is 2. The highest BCUT2D eigenvalue weighted by molar-refractivity contribution is 5.96. The van der Waals surface area contributed by atoms with Crippen molar-refractivity contribution in [2.75, 3.05) is 26.2 Å². The maximum atomic E-state index is 12.7. The Labute approximate surface area is 172 Å². The lowest BCUT2D eigenvalue weighted by Gasteiger charge is -2.34. The van der Waals surface area contributed by atoms with Crippen LogP contribution >= 0.6 is 0 Å². The molecule has 1 saturated heterocycles. The normalized spacial score (nSPS) is 13.8. The molecule has 1 aliphatic rings. The zero-order valence-electron chi connectivity index (χ0n) is 16.5. The van der Waals surface area contributed by atoms with Crippen molar-refractivity contribution in [3.8, 4) is 0 Å². The monoisotopic (exact) mass is 412 g/mol. The number of carbonyl (C=O) groups is 2. The van der Waals surface area contributed by atoms with Crippen LogP contribution in [0.25, 0.3) is 0 Å². The molecule has 0 radical (unpaired) electrons. The lowest BCUT2D eigenvalue weighted by Crippen LogP contribution is -2.50. The zero-order chi connectivity index (χ0) is 22.0. The van der Waals surface area contributed by atoms with E-state index in [0.717, 1.165) is 0 Å². The van der Waals surface area contributed by atoms with Crippen molar-refractivity contribution in [2.24, 2.45) is 0 Å². The minimum atomic E-state index is -0.524. The van der Waals surface area contributed by atoms with E-state index in [1.807, 2.05) is 0 Å². The second-order valence-electron chi connectivity index (χ2n) is 7.10. The highest BCUT2D eigenvalue weighted by Crippen LogP contribution is 2.22. The Morgan fingerprint density at radius 1 is 0.733 bits per heavy atom. The summed E-state index contributed by atoms with van der Waals surface area (Å²) in [6.07, 6.45) is 0. The number of nitro benzene ring substituents is 2. The molecule has 0 aromatic heterocycles. The highest BCUT2D eigenvalue weighted by Gasteiger charge is 2.27. The van der Waals surface area contributed by atoms with Gasteiger partial charge in [0.25, 0.3) is 23.2 Å². The van der Waals surface area contributed by atoms with Crippen LogP contribution in [-0.2, 0) is 0 Å². The second-order valence-corrected chi connectivity index (χ2v) is 7.10. The minimum absolute atomic E-state index is 0.115. The van der Waals surface area contributed by atoms with Crippen LogP contribution in [0, 0.1) is 34.1 Å². The SMILES string of the molecule is Cc1ccc(C(=O)N2CCN(C(=O)c3ccc(C)c([N+](=O)[O-])c3)CC2)cc1[N+](=O)[O-]. The van der Waals surface area contributed by atoms with Crippen LogP contribution in [0.2, 0.25) is 0 Å². The highest BCUT2D eigenvalue weighted by atomic mass is 16.6. The van der Waals surface area contributed by atoms with Crippen LogP contribution in [0.15, 0.2) is 36.4 Å². The molecule has 2 aromatic rings. The molecule has 30 heavy (non-hydrogen) atoms. The standard InChI is InChI=1S/C20H20N4O6/c1-13-3-5-15(11-17(13)23(27)28)19(25)21-7-9-22(10-8-21)20(26)16-6-4-14(2)18(12-16)24(29)30/h3-6,11-12H,7-10H2,1-2H3. The summed E-state index contributed by atoms with van der Waals surface area (Å²) < 4.78 is 0. The molecule has 2 aromatic carbocycles. The van der Waals surface area contributed by atoms with Gasteiger partial charge in [-0.2, -0.15) is 0 Å². The van der Waals surface area contributed by atoms with Crippen molar-refractivity contribution in [3.05, 3.63) is 78.9 Å². The van der Waals surface area contributed by atoms with E-state index in [9.17, 15) is 29.8 Å². The Balaban J connectivity index is 1.69. The van der Waals surface area contributed by atoms with Crippen molar-refractivity contribution in [1.82, 2.24) is 9.80 Å². The van der Waals surface area contributed by atoms with Gasteiger partial charge in [0, 0.05) is 60.6 Å². The summed E-state index contributed by atoms with van der Waals surface area (Å²) >= 11 is 0. The molecule has 0 atom stereocenters. The quantitative estimate of drug-likeness (QED) is 0.561. The lowest BCUT2D eigenvalue weighted by molar-refractivity contribution is -0.385. The molecule has 10 heteroatoms. The molecular formula is C20H20N4O6. The number of nitrogens with zero attached hydrogens (tertiary/aromatic N) is 4. The lowest BCUT2D eigenvalue weighted by atomic mass is 10.1. The number of hydrogen-bond donors (Lipinski definition) is 0. The van der Waals surface area contributed by atoms with Gasteiger partial charge in [-0.25, -0.2) is 0 Å². The number of carbonyl (C=O) groups excluding carboxylic acids is 2. The molecule has 0 bridgehead atoms. The Hall–Kier alpha value is -3.82. The van der Waals surface area contributed by atoms with Crippen LogP contribution in [0.4, 0.5) is 11.4 Å². The first-order valence-corrected chi connectivity index (χ1v) is 9.27. The molecule has 10 nitrogen and oxygen atoms in total. The van der Waals surface area contributed by atoms with E-state index in [4.69, 9.17) is 0 Å². The maximum Gasteiger partial charge on any atom is 0.273 e. The van der Waals surface area contributed by atoms with E-state index in [1.54, 1.807) is 26.0 Å². The van der Waals surface area contributed by atoms with Crippen LogP contribution in [0.3, 0.4) is 0 Å². The number of aryl methyl sites for hydroxylation is 2. The van der Waals surface area contributed by atoms with E-state index >= 15 is 0 Å². The van der Waals surface area contributed by atoms with Crippen molar-refractivity contribution in [3.63, 3.8) is 0 Å². The molecule has 1 heterocycles. The van der Waals surface area contributed by atoms with Gasteiger partial charge >= 0.3 is 0 Å². The summed E-state index contributed by atoms with van der Waals surface area (Å²) in [6.45, 7) is 4.26. The average molecular weight is 412 g/mol. The minimum Gasteiger partial charge on any atom is -0.335 e. The van der Waals surface area contributed by atoms with Gasteiger partial charge in [0.1, 0.15) is 0 Å². The Morgan fingerprint density at radius 3 is 1.37 bits per heavy atom. The fraction of sp³-hybridized carbons (Fsp3) is 0.300. The number of amides is 2. The Bertz CT molecular complexity index is 960. The van der Waals surface area contributed by atoms with E-state index in [2.05, 4.69) is 0 Å². The molecule has 0 N–H and O–H groups in total. The van der Waals surface area contributed by atoms with E-state index in [-0.39, 0.29) is 60.5 Å². The number of rotatable bonds is 4.